The van der Waals surface area contributed by atoms with Gasteiger partial charge in [-0.15, -0.1) is 0 Å². The van der Waals surface area contributed by atoms with Gasteiger partial charge in [-0.1, -0.05) is 47.0 Å². The Kier molecular flexibility index (Phi) is 6.77. The molecule has 0 bridgehead atoms. The van der Waals surface area contributed by atoms with Crippen molar-refractivity contribution in [2.24, 2.45) is 0 Å². The van der Waals surface area contributed by atoms with Crippen molar-refractivity contribution in [1.29, 1.82) is 0 Å². The third-order valence-corrected chi connectivity index (χ3v) is 6.37. The van der Waals surface area contributed by atoms with Gasteiger partial charge in [-0.25, -0.2) is 14.6 Å². The molecule has 3 heterocycles. The topological polar surface area (TPSA) is 131 Å². The van der Waals surface area contributed by atoms with Crippen LogP contribution in [0.25, 0.3) is 11.2 Å². The van der Waals surface area contributed by atoms with Gasteiger partial charge in [0.1, 0.15) is 30.6 Å². The average Bonchev–Trinajstić information content (AvgIpc) is 3.47. The highest BCUT2D eigenvalue weighted by Crippen LogP contribution is 2.35. The summed E-state index contributed by atoms with van der Waals surface area (Å²) in [7, 11) is 0. The number of halogens is 1. The highest BCUT2D eigenvalue weighted by molar-refractivity contribution is 6.33. The molecule has 0 amide bonds. The molecule has 2 N–H and O–H groups in total. The minimum Gasteiger partial charge on any atom is -0.459 e. The van der Waals surface area contributed by atoms with E-state index in [0.717, 1.165) is 11.1 Å². The minimum atomic E-state index is -0.736. The van der Waals surface area contributed by atoms with E-state index in [0.29, 0.717) is 22.3 Å². The quantitative estimate of drug-likeness (QED) is 0.295. The molecule has 0 radical (unpaired) electrons. The SMILES string of the molecule is Cc1ccc(C(=O)OC[C@H]2O[C@@H](n3cnc4nc(N)nc(Cl)c43)C[C@@H]2OC(=O)c2ccc(C)cc2)cc1. The normalized spacial score (nSPS) is 19.2. The van der Waals surface area contributed by atoms with Crippen molar-refractivity contribution in [3.8, 4) is 0 Å². The summed E-state index contributed by atoms with van der Waals surface area (Å²) in [4.78, 5) is 37.8. The van der Waals surface area contributed by atoms with E-state index in [9.17, 15) is 9.59 Å². The Morgan fingerprint density at radius 2 is 1.65 bits per heavy atom. The molecule has 3 atom stereocenters. The summed E-state index contributed by atoms with van der Waals surface area (Å²) in [5.74, 6) is -1.01. The first-order chi connectivity index (χ1) is 17.8. The fourth-order valence-electron chi connectivity index (χ4n) is 4.11. The molecule has 190 valence electrons. The van der Waals surface area contributed by atoms with Crippen molar-refractivity contribution >= 4 is 40.7 Å². The molecule has 0 aliphatic carbocycles. The molecule has 1 aliphatic heterocycles. The fourth-order valence-corrected chi connectivity index (χ4v) is 4.38. The first kappa shape index (κ1) is 24.7. The molecule has 10 nitrogen and oxygen atoms in total. The number of imidazole rings is 1. The van der Waals surface area contributed by atoms with Crippen molar-refractivity contribution in [1.82, 2.24) is 19.5 Å². The molecule has 4 aromatic rings. The first-order valence-electron chi connectivity index (χ1n) is 11.6. The number of hydrogen-bond acceptors (Lipinski definition) is 9. The number of rotatable bonds is 6. The van der Waals surface area contributed by atoms with Gasteiger partial charge in [0.05, 0.1) is 17.5 Å². The summed E-state index contributed by atoms with van der Waals surface area (Å²) in [5.41, 5.74) is 9.29. The number of hydrogen-bond donors (Lipinski definition) is 1. The number of carbonyl (C=O) groups excluding carboxylic acids is 2. The van der Waals surface area contributed by atoms with Crippen molar-refractivity contribution in [3.63, 3.8) is 0 Å². The van der Waals surface area contributed by atoms with Crippen molar-refractivity contribution in [2.75, 3.05) is 12.3 Å². The molecule has 1 aliphatic rings. The van der Waals surface area contributed by atoms with Crippen LogP contribution in [0.2, 0.25) is 5.15 Å². The van der Waals surface area contributed by atoms with Gasteiger partial charge < -0.3 is 19.9 Å². The van der Waals surface area contributed by atoms with Crippen molar-refractivity contribution < 1.29 is 23.8 Å². The summed E-state index contributed by atoms with van der Waals surface area (Å²) in [6, 6.07) is 14.1. The lowest BCUT2D eigenvalue weighted by atomic mass is 10.1. The maximum absolute atomic E-state index is 12.9. The third kappa shape index (κ3) is 5.25. The smallest absolute Gasteiger partial charge is 0.338 e. The summed E-state index contributed by atoms with van der Waals surface area (Å²) >= 11 is 6.32. The van der Waals surface area contributed by atoms with Gasteiger partial charge in [-0.3, -0.25) is 4.57 Å². The second-order valence-electron chi connectivity index (χ2n) is 8.84. The summed E-state index contributed by atoms with van der Waals surface area (Å²) in [6.45, 7) is 3.74. The van der Waals surface area contributed by atoms with Crippen LogP contribution in [0.5, 0.6) is 0 Å². The summed E-state index contributed by atoms with van der Waals surface area (Å²) in [5, 5.41) is 0.117. The maximum Gasteiger partial charge on any atom is 0.338 e. The Bertz CT molecular complexity index is 1460. The number of aromatic nitrogens is 4. The molecule has 1 fully saturated rings. The highest BCUT2D eigenvalue weighted by Gasteiger charge is 2.40. The Hall–Kier alpha value is -4.02. The van der Waals surface area contributed by atoms with E-state index in [1.54, 1.807) is 28.8 Å². The van der Waals surface area contributed by atoms with E-state index < -0.39 is 30.4 Å². The van der Waals surface area contributed by atoms with Crippen LogP contribution in [0.4, 0.5) is 5.95 Å². The lowest BCUT2D eigenvalue weighted by Crippen LogP contribution is -2.32. The van der Waals surface area contributed by atoms with E-state index in [4.69, 9.17) is 31.5 Å². The van der Waals surface area contributed by atoms with Crippen LogP contribution in [0.3, 0.4) is 0 Å². The number of anilines is 1. The second kappa shape index (κ2) is 10.2. The molecule has 11 heteroatoms. The number of nitrogens with zero attached hydrogens (tertiary/aromatic N) is 4. The van der Waals surface area contributed by atoms with Crippen LogP contribution < -0.4 is 5.73 Å². The lowest BCUT2D eigenvalue weighted by molar-refractivity contribution is -0.0562. The Morgan fingerprint density at radius 1 is 1.03 bits per heavy atom. The molecule has 0 spiro atoms. The van der Waals surface area contributed by atoms with Crippen LogP contribution in [-0.4, -0.2) is 50.3 Å². The average molecular weight is 522 g/mol. The standard InChI is InChI=1S/C26H24ClN5O5/c1-14-3-7-16(8-4-14)24(33)35-12-19-18(37-25(34)17-9-5-15(2)6-10-17)11-20(36-19)32-13-29-23-21(32)22(27)30-26(28)31-23/h3-10,13,18-20H,11-12H2,1-2H3,(H2,28,30,31)/t18-,19+,20+/m0/s1. The van der Waals surface area contributed by atoms with Gasteiger partial charge in [0, 0.05) is 6.42 Å². The zero-order valence-electron chi connectivity index (χ0n) is 20.1. The molecule has 0 saturated carbocycles. The Morgan fingerprint density at radius 3 is 2.30 bits per heavy atom. The largest absolute Gasteiger partial charge is 0.459 e. The number of benzene rings is 2. The number of ether oxygens (including phenoxy) is 3. The zero-order valence-corrected chi connectivity index (χ0v) is 20.9. The van der Waals surface area contributed by atoms with Crippen molar-refractivity contribution in [2.45, 2.75) is 38.7 Å². The number of nitrogen functional groups attached to an aromatic ring is 1. The van der Waals surface area contributed by atoms with Gasteiger partial charge in [-0.05, 0) is 38.1 Å². The summed E-state index contributed by atoms with van der Waals surface area (Å²) in [6.07, 6.45) is -0.310. The van der Waals surface area contributed by atoms with E-state index >= 15 is 0 Å². The Balaban J connectivity index is 1.37. The van der Waals surface area contributed by atoms with Crippen LogP contribution in [-0.2, 0) is 14.2 Å². The second-order valence-corrected chi connectivity index (χ2v) is 9.19. The van der Waals surface area contributed by atoms with Gasteiger partial charge in [0.15, 0.2) is 10.8 Å². The maximum atomic E-state index is 12.9. The van der Waals surface area contributed by atoms with E-state index in [1.807, 2.05) is 38.1 Å². The number of carbonyl (C=O) groups is 2. The molecule has 0 unspecified atom stereocenters. The van der Waals surface area contributed by atoms with Crippen LogP contribution in [0, 0.1) is 13.8 Å². The highest BCUT2D eigenvalue weighted by atomic mass is 35.5. The minimum absolute atomic E-state index is 0.000823. The van der Waals surface area contributed by atoms with E-state index in [2.05, 4.69) is 15.0 Å². The fraction of sp³-hybridized carbons (Fsp3) is 0.269. The Labute approximate surface area is 217 Å². The monoisotopic (exact) mass is 521 g/mol. The number of aryl methyl sites for hydroxylation is 2. The number of esters is 2. The van der Waals surface area contributed by atoms with Crippen LogP contribution >= 0.6 is 11.6 Å². The van der Waals surface area contributed by atoms with Crippen LogP contribution in [0.15, 0.2) is 54.9 Å². The van der Waals surface area contributed by atoms with Crippen molar-refractivity contribution in [3.05, 3.63) is 82.3 Å². The van der Waals surface area contributed by atoms with Gasteiger partial charge in [0.25, 0.3) is 0 Å². The number of nitrogens with two attached hydrogens (primary N) is 1. The molecule has 2 aromatic carbocycles. The van der Waals surface area contributed by atoms with Gasteiger partial charge in [-0.2, -0.15) is 9.97 Å². The van der Waals surface area contributed by atoms with E-state index in [1.165, 1.54) is 6.33 Å². The summed E-state index contributed by atoms with van der Waals surface area (Å²) < 4.78 is 19.2. The van der Waals surface area contributed by atoms with Gasteiger partial charge >= 0.3 is 11.9 Å². The predicted octanol–water partition coefficient (Wildman–Crippen LogP) is 4.05. The molecule has 1 saturated heterocycles. The number of fused-ring (bicyclic) bond motifs is 1. The molecular weight excluding hydrogens is 498 g/mol. The van der Waals surface area contributed by atoms with E-state index in [-0.39, 0.29) is 24.1 Å². The molecule has 37 heavy (non-hydrogen) atoms. The molecule has 2 aromatic heterocycles. The molecule has 5 rings (SSSR count). The van der Waals surface area contributed by atoms with Gasteiger partial charge in [0.2, 0.25) is 5.95 Å². The zero-order chi connectivity index (χ0) is 26.1. The predicted molar refractivity (Wildman–Crippen MR) is 135 cm³/mol. The lowest BCUT2D eigenvalue weighted by Gasteiger charge is -2.19. The molecular formula is C26H24ClN5O5. The third-order valence-electron chi connectivity index (χ3n) is 6.11. The van der Waals surface area contributed by atoms with Crippen LogP contribution in [0.1, 0.15) is 44.5 Å². The first-order valence-corrected chi connectivity index (χ1v) is 12.0.